The third-order valence-corrected chi connectivity index (χ3v) is 8.33. The van der Waals surface area contributed by atoms with Crippen LogP contribution in [0.5, 0.6) is 0 Å². The van der Waals surface area contributed by atoms with Crippen molar-refractivity contribution in [2.75, 3.05) is 51.2 Å². The Morgan fingerprint density at radius 3 is 2.56 bits per heavy atom. The maximum atomic E-state index is 12.6. The van der Waals surface area contributed by atoms with Crippen molar-refractivity contribution in [3.05, 3.63) is 52.2 Å². The maximum Gasteiger partial charge on any atom is 0.286 e. The predicted molar refractivity (Wildman–Crippen MR) is 147 cm³/mol. The highest BCUT2D eigenvalue weighted by Gasteiger charge is 2.27. The van der Waals surface area contributed by atoms with Gasteiger partial charge in [0, 0.05) is 44.8 Å². The van der Waals surface area contributed by atoms with Crippen molar-refractivity contribution in [2.45, 2.75) is 19.3 Å². The number of carbonyl (C=O) groups is 1. The van der Waals surface area contributed by atoms with Crippen LogP contribution in [0.2, 0.25) is 5.02 Å². The molecule has 2 saturated heterocycles. The number of anilines is 1. The van der Waals surface area contributed by atoms with Crippen LogP contribution in [0.4, 0.5) is 5.69 Å². The summed E-state index contributed by atoms with van der Waals surface area (Å²) in [5.74, 6) is -0.195. The van der Waals surface area contributed by atoms with Gasteiger partial charge in [-0.15, -0.1) is 0 Å². The Bertz CT molecular complexity index is 1370. The van der Waals surface area contributed by atoms with Gasteiger partial charge in [0.25, 0.3) is 5.91 Å². The molecule has 0 aliphatic carbocycles. The van der Waals surface area contributed by atoms with Crippen LogP contribution in [0.25, 0.3) is 23.0 Å². The highest BCUT2D eigenvalue weighted by Crippen LogP contribution is 2.33. The smallest absolute Gasteiger partial charge is 0.286 e. The number of thioether (sulfide) groups is 1. The summed E-state index contributed by atoms with van der Waals surface area (Å²) in [6.45, 7) is 5.91. The summed E-state index contributed by atoms with van der Waals surface area (Å²) in [6, 6.07) is 9.95. The molecule has 3 aliphatic heterocycles. The van der Waals surface area contributed by atoms with E-state index < -0.39 is 0 Å². The number of likely N-dealkylation sites (N-methyl/N-ethyl adjacent to an activating group) is 1. The molecule has 186 valence electrons. The highest BCUT2D eigenvalue weighted by atomic mass is 35.5. The maximum absolute atomic E-state index is 12.6. The first-order valence-corrected chi connectivity index (χ1v) is 13.6. The lowest BCUT2D eigenvalue weighted by Gasteiger charge is -2.34. The van der Waals surface area contributed by atoms with Crippen molar-refractivity contribution in [1.82, 2.24) is 24.4 Å². The lowest BCUT2D eigenvalue weighted by molar-refractivity contribution is -0.113. The van der Waals surface area contributed by atoms with E-state index in [2.05, 4.69) is 43.9 Å². The summed E-state index contributed by atoms with van der Waals surface area (Å²) in [5, 5.41) is 6.32. The zero-order chi connectivity index (χ0) is 24.6. The third kappa shape index (κ3) is 4.63. The number of likely N-dealkylation sites (tertiary alicyclic amines) is 1. The number of piperazine rings is 1. The average Bonchev–Trinajstić information content (AvgIpc) is 3.48. The SMILES string of the molecule is CN1CCN(c2ccc(-c3cnc4ccc(C=C5SC(N6CCCCC6)=NC5=O)nn34)cc2Cl)CC1. The normalized spacial score (nSPS) is 20.6. The molecule has 2 aromatic heterocycles. The lowest BCUT2D eigenvalue weighted by Crippen LogP contribution is -2.44. The van der Waals surface area contributed by atoms with Gasteiger partial charge in [-0.05, 0) is 68.4 Å². The number of hydrogen-bond donors (Lipinski definition) is 0. The van der Waals surface area contributed by atoms with Crippen LogP contribution in [-0.2, 0) is 4.79 Å². The second-order valence-electron chi connectivity index (χ2n) is 9.49. The Hall–Kier alpha value is -2.88. The number of aromatic nitrogens is 3. The van der Waals surface area contributed by atoms with E-state index in [1.807, 2.05) is 35.0 Å². The average molecular weight is 522 g/mol. The standard InChI is InChI=1S/C26H28ClN7OS/c1-31-11-13-32(14-12-31)21-7-5-18(15-20(21)27)22-17-28-24-8-6-19(30-34(22)24)16-23-25(35)29-26(36-23)33-9-3-2-4-10-33/h5-8,15-17H,2-4,9-14H2,1H3. The van der Waals surface area contributed by atoms with Gasteiger partial charge in [-0.2, -0.15) is 10.1 Å². The van der Waals surface area contributed by atoms with E-state index in [0.29, 0.717) is 10.6 Å². The number of hydrogen-bond acceptors (Lipinski definition) is 7. The second kappa shape index (κ2) is 9.88. The van der Waals surface area contributed by atoms with Crippen molar-refractivity contribution in [3.8, 4) is 11.3 Å². The summed E-state index contributed by atoms with van der Waals surface area (Å²) in [5.41, 5.74) is 4.29. The molecule has 10 heteroatoms. The number of benzene rings is 1. The van der Waals surface area contributed by atoms with Crippen LogP contribution in [0.1, 0.15) is 25.0 Å². The zero-order valence-electron chi connectivity index (χ0n) is 20.2. The number of fused-ring (bicyclic) bond motifs is 1. The first-order valence-electron chi connectivity index (χ1n) is 12.4. The molecule has 36 heavy (non-hydrogen) atoms. The van der Waals surface area contributed by atoms with Gasteiger partial charge in [0.05, 0.1) is 33.2 Å². The molecule has 0 N–H and O–H groups in total. The number of aliphatic imine (C=N–C) groups is 1. The highest BCUT2D eigenvalue weighted by molar-refractivity contribution is 8.18. The van der Waals surface area contributed by atoms with E-state index >= 15 is 0 Å². The van der Waals surface area contributed by atoms with Gasteiger partial charge in [-0.3, -0.25) is 4.79 Å². The van der Waals surface area contributed by atoms with Crippen LogP contribution in [0.3, 0.4) is 0 Å². The van der Waals surface area contributed by atoms with Gasteiger partial charge in [0.15, 0.2) is 10.8 Å². The number of nitrogens with zero attached hydrogens (tertiary/aromatic N) is 7. The first-order chi connectivity index (χ1) is 17.5. The van der Waals surface area contributed by atoms with Crippen molar-refractivity contribution in [3.63, 3.8) is 0 Å². The van der Waals surface area contributed by atoms with Gasteiger partial charge >= 0.3 is 0 Å². The van der Waals surface area contributed by atoms with E-state index in [1.54, 1.807) is 0 Å². The number of halogens is 1. The molecule has 0 atom stereocenters. The molecular weight excluding hydrogens is 494 g/mol. The molecule has 8 nitrogen and oxygen atoms in total. The van der Waals surface area contributed by atoms with E-state index in [0.717, 1.165) is 84.9 Å². The van der Waals surface area contributed by atoms with E-state index in [-0.39, 0.29) is 5.91 Å². The fourth-order valence-corrected chi connectivity index (χ4v) is 6.13. The Balaban J connectivity index is 1.25. The monoisotopic (exact) mass is 521 g/mol. The molecule has 5 heterocycles. The quantitative estimate of drug-likeness (QED) is 0.477. The van der Waals surface area contributed by atoms with Crippen molar-refractivity contribution < 1.29 is 4.79 Å². The molecule has 3 aliphatic rings. The summed E-state index contributed by atoms with van der Waals surface area (Å²) in [7, 11) is 2.14. The number of carbonyl (C=O) groups excluding carboxylic acids is 1. The first kappa shape index (κ1) is 23.5. The molecule has 3 aromatic rings. The van der Waals surface area contributed by atoms with Crippen LogP contribution in [0, 0.1) is 0 Å². The van der Waals surface area contributed by atoms with Crippen LogP contribution in [-0.4, -0.2) is 81.8 Å². The predicted octanol–water partition coefficient (Wildman–Crippen LogP) is 4.26. The summed E-state index contributed by atoms with van der Waals surface area (Å²) >= 11 is 8.18. The number of amidine groups is 1. The fraction of sp³-hybridized carbons (Fsp3) is 0.385. The zero-order valence-corrected chi connectivity index (χ0v) is 21.8. The molecule has 2 fully saturated rings. The second-order valence-corrected chi connectivity index (χ2v) is 10.9. The minimum Gasteiger partial charge on any atom is -0.368 e. The summed E-state index contributed by atoms with van der Waals surface area (Å²) in [4.78, 5) is 28.9. The number of imidazole rings is 1. The number of amides is 1. The molecule has 1 amide bonds. The molecular formula is C26H28ClN7OS. The number of piperidine rings is 1. The Morgan fingerprint density at radius 1 is 0.972 bits per heavy atom. The largest absolute Gasteiger partial charge is 0.368 e. The van der Waals surface area contributed by atoms with E-state index in [9.17, 15) is 4.79 Å². The van der Waals surface area contributed by atoms with Gasteiger partial charge in [0.1, 0.15) is 0 Å². The minimum absolute atomic E-state index is 0.195. The fourth-order valence-electron chi connectivity index (χ4n) is 4.88. The Morgan fingerprint density at radius 2 is 1.78 bits per heavy atom. The molecule has 1 aromatic carbocycles. The third-order valence-electron chi connectivity index (χ3n) is 6.99. The Labute approximate surface area is 219 Å². The molecule has 0 saturated carbocycles. The van der Waals surface area contributed by atoms with Crippen LogP contribution >= 0.6 is 23.4 Å². The topological polar surface area (TPSA) is 69.3 Å². The number of rotatable bonds is 3. The van der Waals surface area contributed by atoms with Crippen molar-refractivity contribution in [1.29, 1.82) is 0 Å². The van der Waals surface area contributed by atoms with Crippen LogP contribution < -0.4 is 4.90 Å². The van der Waals surface area contributed by atoms with Gasteiger partial charge in [-0.25, -0.2) is 9.50 Å². The van der Waals surface area contributed by atoms with Gasteiger partial charge in [0.2, 0.25) is 0 Å². The van der Waals surface area contributed by atoms with Crippen LogP contribution in [0.15, 0.2) is 46.4 Å². The van der Waals surface area contributed by atoms with E-state index in [4.69, 9.17) is 16.7 Å². The minimum atomic E-state index is -0.195. The lowest BCUT2D eigenvalue weighted by atomic mass is 10.1. The molecule has 0 unspecified atom stereocenters. The molecule has 0 radical (unpaired) electrons. The molecule has 0 bridgehead atoms. The molecule has 6 rings (SSSR count). The Kier molecular flexibility index (Phi) is 6.45. The van der Waals surface area contributed by atoms with Gasteiger partial charge < -0.3 is 14.7 Å². The van der Waals surface area contributed by atoms with Crippen molar-refractivity contribution >= 4 is 51.8 Å². The molecule has 0 spiro atoms. The summed E-state index contributed by atoms with van der Waals surface area (Å²) in [6.07, 6.45) is 7.17. The van der Waals surface area contributed by atoms with E-state index in [1.165, 1.54) is 18.2 Å². The summed E-state index contributed by atoms with van der Waals surface area (Å²) < 4.78 is 1.81. The van der Waals surface area contributed by atoms with Crippen molar-refractivity contribution in [2.24, 2.45) is 4.99 Å². The van der Waals surface area contributed by atoms with Gasteiger partial charge in [-0.1, -0.05) is 17.7 Å².